The van der Waals surface area contributed by atoms with Crippen LogP contribution in [-0.4, -0.2) is 35.9 Å². The first-order valence-electron chi connectivity index (χ1n) is 7.87. The maximum Gasteiger partial charge on any atom is 0.248 e. The summed E-state index contributed by atoms with van der Waals surface area (Å²) in [7, 11) is 3.28. The zero-order chi connectivity index (χ0) is 17.1. The Morgan fingerprint density at radius 2 is 1.39 bits per heavy atom. The molecular weight excluding hydrogens is 288 g/mol. The maximum absolute atomic E-state index is 12.8. The molecule has 2 amide bonds. The molecule has 0 unspecified atom stereocenters. The fourth-order valence-corrected chi connectivity index (χ4v) is 2.71. The number of amides is 2. The normalized spacial score (nSPS) is 12.3. The van der Waals surface area contributed by atoms with Crippen molar-refractivity contribution in [2.45, 2.75) is 26.7 Å². The fourth-order valence-electron chi connectivity index (χ4n) is 2.71. The van der Waals surface area contributed by atoms with E-state index >= 15 is 0 Å². The van der Waals surface area contributed by atoms with Gasteiger partial charge in [-0.3, -0.25) is 19.6 Å². The third kappa shape index (κ3) is 3.36. The van der Waals surface area contributed by atoms with E-state index in [0.717, 1.165) is 16.3 Å². The quantitative estimate of drug-likeness (QED) is 0.815. The summed E-state index contributed by atoms with van der Waals surface area (Å²) in [5.74, 6) is -0.652. The van der Waals surface area contributed by atoms with Crippen LogP contribution < -0.4 is 0 Å². The molecule has 122 valence electrons. The van der Waals surface area contributed by atoms with Crippen LogP contribution in [0.1, 0.15) is 32.3 Å². The summed E-state index contributed by atoms with van der Waals surface area (Å²) in [6.07, 6.45) is 0. The molecule has 0 heterocycles. The van der Waals surface area contributed by atoms with Crippen LogP contribution in [0.4, 0.5) is 0 Å². The van der Waals surface area contributed by atoms with E-state index in [-0.39, 0.29) is 23.7 Å². The molecule has 23 heavy (non-hydrogen) atoms. The molecule has 1 atom stereocenters. The van der Waals surface area contributed by atoms with Gasteiger partial charge in [-0.25, -0.2) is 0 Å². The maximum atomic E-state index is 12.8. The number of hydrogen-bond donors (Lipinski definition) is 0. The Kier molecular flexibility index (Phi) is 5.04. The van der Waals surface area contributed by atoms with Crippen LogP contribution in [-0.2, 0) is 9.59 Å². The smallest absolute Gasteiger partial charge is 0.248 e. The predicted molar refractivity (Wildman–Crippen MR) is 92.7 cm³/mol. The molecule has 0 bridgehead atoms. The number of fused-ring (bicyclic) bond motifs is 1. The molecule has 4 heteroatoms. The highest BCUT2D eigenvalue weighted by molar-refractivity contribution is 5.93. The Hall–Kier alpha value is -2.36. The largest absolute Gasteiger partial charge is 0.273 e. The van der Waals surface area contributed by atoms with Crippen LogP contribution in [0.2, 0.25) is 0 Å². The van der Waals surface area contributed by atoms with Gasteiger partial charge in [0.05, 0.1) is 5.92 Å². The van der Waals surface area contributed by atoms with Crippen molar-refractivity contribution in [3.63, 3.8) is 0 Å². The minimum Gasteiger partial charge on any atom is -0.273 e. The van der Waals surface area contributed by atoms with Crippen LogP contribution in [0.15, 0.2) is 42.5 Å². The second-order valence-corrected chi connectivity index (χ2v) is 6.17. The number of carbonyl (C=O) groups is 2. The van der Waals surface area contributed by atoms with Gasteiger partial charge in [-0.2, -0.15) is 0 Å². The molecule has 4 nitrogen and oxygen atoms in total. The minimum atomic E-state index is -0.325. The third-order valence-corrected chi connectivity index (χ3v) is 4.24. The fraction of sp³-hybridized carbons (Fsp3) is 0.368. The van der Waals surface area contributed by atoms with E-state index in [4.69, 9.17) is 0 Å². The Labute approximate surface area is 137 Å². The van der Waals surface area contributed by atoms with Crippen molar-refractivity contribution in [3.8, 4) is 0 Å². The lowest BCUT2D eigenvalue weighted by Gasteiger charge is -2.31. The van der Waals surface area contributed by atoms with E-state index in [1.807, 2.05) is 63.2 Å². The summed E-state index contributed by atoms with van der Waals surface area (Å²) in [5.41, 5.74) is 0.977. The molecule has 0 saturated heterocycles. The lowest BCUT2D eigenvalue weighted by molar-refractivity contribution is -0.160. The summed E-state index contributed by atoms with van der Waals surface area (Å²) >= 11 is 0. The van der Waals surface area contributed by atoms with Gasteiger partial charge in [-0.05, 0) is 23.3 Å². The van der Waals surface area contributed by atoms with E-state index in [0.29, 0.717) is 0 Å². The lowest BCUT2D eigenvalue weighted by Crippen LogP contribution is -2.47. The lowest BCUT2D eigenvalue weighted by atomic mass is 9.94. The topological polar surface area (TPSA) is 40.6 Å². The molecule has 2 aromatic rings. The number of benzene rings is 2. The molecule has 0 N–H and O–H groups in total. The van der Waals surface area contributed by atoms with Gasteiger partial charge in [0.25, 0.3) is 0 Å². The van der Waals surface area contributed by atoms with Crippen molar-refractivity contribution < 1.29 is 9.59 Å². The Morgan fingerprint density at radius 1 is 0.826 bits per heavy atom. The summed E-state index contributed by atoms with van der Waals surface area (Å²) < 4.78 is 0. The summed E-state index contributed by atoms with van der Waals surface area (Å²) in [5, 5.41) is 4.99. The first kappa shape index (κ1) is 17.0. The molecule has 0 aliphatic rings. The highest BCUT2D eigenvalue weighted by atomic mass is 16.2. The predicted octanol–water partition coefficient (Wildman–Crippen LogP) is 3.43. The first-order valence-corrected chi connectivity index (χ1v) is 7.87. The number of likely N-dealkylation sites (N-methyl/N-ethyl adjacent to an activating group) is 1. The Morgan fingerprint density at radius 3 is 2.04 bits per heavy atom. The van der Waals surface area contributed by atoms with Crippen LogP contribution >= 0.6 is 0 Å². The molecule has 0 spiro atoms. The SMILES string of the molecule is CC(C)C(=O)N(C)N(C)C(=O)[C@H](C)c1cccc2ccccc12. The van der Waals surface area contributed by atoms with E-state index in [1.165, 1.54) is 10.0 Å². The second-order valence-electron chi connectivity index (χ2n) is 6.17. The highest BCUT2D eigenvalue weighted by Gasteiger charge is 2.26. The van der Waals surface area contributed by atoms with E-state index in [2.05, 4.69) is 0 Å². The summed E-state index contributed by atoms with van der Waals surface area (Å²) in [4.78, 5) is 24.9. The molecule has 2 aromatic carbocycles. The standard InChI is InChI=1S/C19H24N2O2/c1-13(2)18(22)20(4)21(5)19(23)14(3)16-12-8-10-15-9-6-7-11-17(15)16/h6-14H,1-5H3/t14-/m1/s1. The number of nitrogens with zero attached hydrogens (tertiary/aromatic N) is 2. The van der Waals surface area contributed by atoms with Crippen molar-refractivity contribution in [1.82, 2.24) is 10.0 Å². The van der Waals surface area contributed by atoms with Crippen molar-refractivity contribution in [2.75, 3.05) is 14.1 Å². The molecule has 0 aliphatic heterocycles. The van der Waals surface area contributed by atoms with Crippen LogP contribution in [0, 0.1) is 5.92 Å². The third-order valence-electron chi connectivity index (χ3n) is 4.24. The molecule has 0 fully saturated rings. The molecular formula is C19H24N2O2. The van der Waals surface area contributed by atoms with Gasteiger partial charge in [0, 0.05) is 20.0 Å². The van der Waals surface area contributed by atoms with Crippen molar-refractivity contribution in [3.05, 3.63) is 48.0 Å². The minimum absolute atomic E-state index is 0.0778. The van der Waals surface area contributed by atoms with E-state index in [1.54, 1.807) is 14.1 Å². The van der Waals surface area contributed by atoms with Crippen LogP contribution in [0.25, 0.3) is 10.8 Å². The molecule has 0 radical (unpaired) electrons. The monoisotopic (exact) mass is 312 g/mol. The molecule has 0 aromatic heterocycles. The summed E-state index contributed by atoms with van der Waals surface area (Å²) in [6, 6.07) is 14.0. The zero-order valence-electron chi connectivity index (χ0n) is 14.4. The van der Waals surface area contributed by atoms with Crippen molar-refractivity contribution >= 4 is 22.6 Å². The number of hydrogen-bond acceptors (Lipinski definition) is 2. The first-order chi connectivity index (χ1) is 10.8. The Balaban J connectivity index is 2.30. The van der Waals surface area contributed by atoms with Gasteiger partial charge >= 0.3 is 0 Å². The average molecular weight is 312 g/mol. The number of hydrazine groups is 1. The Bertz CT molecular complexity index is 719. The highest BCUT2D eigenvalue weighted by Crippen LogP contribution is 2.27. The zero-order valence-corrected chi connectivity index (χ0v) is 14.4. The molecule has 2 rings (SSSR count). The molecule has 0 aliphatic carbocycles. The van der Waals surface area contributed by atoms with Crippen molar-refractivity contribution in [1.29, 1.82) is 0 Å². The van der Waals surface area contributed by atoms with Gasteiger partial charge in [0.1, 0.15) is 0 Å². The van der Waals surface area contributed by atoms with E-state index in [9.17, 15) is 9.59 Å². The average Bonchev–Trinajstić information content (AvgIpc) is 2.57. The van der Waals surface area contributed by atoms with Gasteiger partial charge in [0.15, 0.2) is 0 Å². The van der Waals surface area contributed by atoms with Crippen molar-refractivity contribution in [2.24, 2.45) is 5.92 Å². The number of carbonyl (C=O) groups excluding carboxylic acids is 2. The van der Waals surface area contributed by atoms with Crippen LogP contribution in [0.5, 0.6) is 0 Å². The van der Waals surface area contributed by atoms with Gasteiger partial charge in [-0.15, -0.1) is 0 Å². The van der Waals surface area contributed by atoms with Gasteiger partial charge in [0.2, 0.25) is 11.8 Å². The van der Waals surface area contributed by atoms with Gasteiger partial charge < -0.3 is 0 Å². The van der Waals surface area contributed by atoms with Gasteiger partial charge in [-0.1, -0.05) is 56.3 Å². The summed E-state index contributed by atoms with van der Waals surface area (Å²) in [6.45, 7) is 5.53. The molecule has 0 saturated carbocycles. The number of rotatable bonds is 3. The second kappa shape index (κ2) is 6.82. The van der Waals surface area contributed by atoms with Crippen LogP contribution in [0.3, 0.4) is 0 Å². The van der Waals surface area contributed by atoms with E-state index < -0.39 is 0 Å².